The largest absolute Gasteiger partial charge is 0.481 e. The van der Waals surface area contributed by atoms with Gasteiger partial charge in [0.25, 0.3) is 5.91 Å². The first-order valence-corrected chi connectivity index (χ1v) is 7.90. The molecule has 0 saturated carbocycles. The topological polar surface area (TPSA) is 118 Å². The lowest BCUT2D eigenvalue weighted by Gasteiger charge is -2.16. The van der Waals surface area contributed by atoms with Crippen LogP contribution in [-0.4, -0.2) is 43.4 Å². The van der Waals surface area contributed by atoms with E-state index in [4.69, 9.17) is 10.2 Å². The average molecular weight is 312 g/mol. The minimum absolute atomic E-state index is 0.0242. The van der Waals surface area contributed by atoms with Crippen LogP contribution in [0.2, 0.25) is 0 Å². The SMILES string of the molecule is Cc1cc(C(=O)N2CC[C@H](C(=O)O)C2)ccc1S(N)(=O)=O. The Morgan fingerprint density at radius 2 is 2.05 bits per heavy atom. The number of rotatable bonds is 3. The molecule has 8 heteroatoms. The Kier molecular flexibility index (Phi) is 4.02. The molecule has 1 atom stereocenters. The molecule has 1 aromatic carbocycles. The molecular formula is C13H16N2O5S. The van der Waals surface area contributed by atoms with Gasteiger partial charge < -0.3 is 10.0 Å². The number of hydrogen-bond donors (Lipinski definition) is 2. The first-order chi connectivity index (χ1) is 9.70. The third kappa shape index (κ3) is 3.22. The molecule has 0 bridgehead atoms. The number of benzene rings is 1. The van der Waals surface area contributed by atoms with E-state index < -0.39 is 21.9 Å². The molecule has 1 fully saturated rings. The van der Waals surface area contributed by atoms with Gasteiger partial charge >= 0.3 is 5.97 Å². The maximum Gasteiger partial charge on any atom is 0.308 e. The number of primary sulfonamides is 1. The molecule has 3 N–H and O–H groups in total. The van der Waals surface area contributed by atoms with Gasteiger partial charge in [-0.05, 0) is 37.1 Å². The predicted octanol–water partition coefficient (Wildman–Crippen LogP) is 0.189. The zero-order valence-electron chi connectivity index (χ0n) is 11.4. The van der Waals surface area contributed by atoms with E-state index in [1.165, 1.54) is 23.1 Å². The number of nitrogens with zero attached hydrogens (tertiary/aromatic N) is 1. The average Bonchev–Trinajstić information content (AvgIpc) is 2.85. The minimum Gasteiger partial charge on any atom is -0.481 e. The number of carboxylic acid groups (broad SMARTS) is 1. The van der Waals surface area contributed by atoms with Gasteiger partial charge in [0.05, 0.1) is 10.8 Å². The Hall–Kier alpha value is -1.93. The van der Waals surface area contributed by atoms with E-state index in [-0.39, 0.29) is 17.3 Å². The van der Waals surface area contributed by atoms with E-state index in [9.17, 15) is 18.0 Å². The Bertz CT molecular complexity index is 699. The number of carboxylic acids is 1. The maximum absolute atomic E-state index is 12.3. The number of aliphatic carboxylic acids is 1. The van der Waals surface area contributed by atoms with Gasteiger partial charge in [-0.3, -0.25) is 9.59 Å². The van der Waals surface area contributed by atoms with Crippen molar-refractivity contribution in [2.45, 2.75) is 18.2 Å². The van der Waals surface area contributed by atoms with Gasteiger partial charge in [-0.2, -0.15) is 0 Å². The molecule has 0 spiro atoms. The summed E-state index contributed by atoms with van der Waals surface area (Å²) in [5, 5.41) is 14.0. The highest BCUT2D eigenvalue weighted by molar-refractivity contribution is 7.89. The highest BCUT2D eigenvalue weighted by Crippen LogP contribution is 2.21. The Morgan fingerprint density at radius 3 is 2.52 bits per heavy atom. The van der Waals surface area contributed by atoms with Gasteiger partial charge in [0.15, 0.2) is 0 Å². The van der Waals surface area contributed by atoms with Crippen LogP contribution >= 0.6 is 0 Å². The molecular weight excluding hydrogens is 296 g/mol. The van der Waals surface area contributed by atoms with Crippen LogP contribution in [0.5, 0.6) is 0 Å². The van der Waals surface area contributed by atoms with Gasteiger partial charge in [-0.1, -0.05) is 0 Å². The maximum atomic E-state index is 12.3. The molecule has 1 aliphatic rings. The molecule has 0 radical (unpaired) electrons. The number of hydrogen-bond acceptors (Lipinski definition) is 4. The van der Waals surface area contributed by atoms with E-state index in [1.54, 1.807) is 6.92 Å². The molecule has 2 rings (SSSR count). The summed E-state index contributed by atoms with van der Waals surface area (Å²) >= 11 is 0. The summed E-state index contributed by atoms with van der Waals surface area (Å²) in [6.07, 6.45) is 0.426. The number of carbonyl (C=O) groups is 2. The summed E-state index contributed by atoms with van der Waals surface area (Å²) < 4.78 is 22.7. The summed E-state index contributed by atoms with van der Waals surface area (Å²) in [6, 6.07) is 4.14. The standard InChI is InChI=1S/C13H16N2O5S/c1-8-6-9(2-3-11(8)21(14,19)20)12(16)15-5-4-10(7-15)13(17)18/h2-3,6,10H,4-5,7H2,1H3,(H,17,18)(H2,14,19,20)/t10-/m0/s1. The lowest BCUT2D eigenvalue weighted by atomic mass is 10.1. The van der Waals surface area contributed by atoms with Crippen LogP contribution in [-0.2, 0) is 14.8 Å². The molecule has 1 aromatic rings. The Labute approximate surface area is 122 Å². The normalized spacial score (nSPS) is 18.8. The Balaban J connectivity index is 2.22. The molecule has 1 saturated heterocycles. The van der Waals surface area contributed by atoms with Crippen LogP contribution in [0.15, 0.2) is 23.1 Å². The lowest BCUT2D eigenvalue weighted by molar-refractivity contribution is -0.141. The molecule has 0 unspecified atom stereocenters. The number of likely N-dealkylation sites (tertiary alicyclic amines) is 1. The molecule has 21 heavy (non-hydrogen) atoms. The molecule has 114 valence electrons. The smallest absolute Gasteiger partial charge is 0.308 e. The van der Waals surface area contributed by atoms with E-state index in [2.05, 4.69) is 0 Å². The van der Waals surface area contributed by atoms with Crippen molar-refractivity contribution in [2.75, 3.05) is 13.1 Å². The number of carbonyl (C=O) groups excluding carboxylic acids is 1. The van der Waals surface area contributed by atoms with Crippen molar-refractivity contribution in [3.8, 4) is 0 Å². The van der Waals surface area contributed by atoms with Crippen molar-refractivity contribution in [3.05, 3.63) is 29.3 Å². The van der Waals surface area contributed by atoms with Crippen molar-refractivity contribution in [2.24, 2.45) is 11.1 Å². The molecule has 1 heterocycles. The second-order valence-electron chi connectivity index (χ2n) is 5.10. The summed E-state index contributed by atoms with van der Waals surface area (Å²) in [5.41, 5.74) is 0.711. The van der Waals surface area contributed by atoms with Crippen LogP contribution < -0.4 is 5.14 Å². The van der Waals surface area contributed by atoms with Crippen molar-refractivity contribution in [1.82, 2.24) is 4.90 Å². The molecule has 1 amide bonds. The van der Waals surface area contributed by atoms with Crippen LogP contribution in [0.3, 0.4) is 0 Å². The zero-order valence-corrected chi connectivity index (χ0v) is 12.3. The molecule has 0 aromatic heterocycles. The number of nitrogens with two attached hydrogens (primary N) is 1. The van der Waals surface area contributed by atoms with E-state index in [1.807, 2.05) is 0 Å². The fourth-order valence-corrected chi connectivity index (χ4v) is 3.20. The van der Waals surface area contributed by atoms with Crippen LogP contribution in [0.25, 0.3) is 0 Å². The number of aryl methyl sites for hydroxylation is 1. The fraction of sp³-hybridized carbons (Fsp3) is 0.385. The van der Waals surface area contributed by atoms with Gasteiger partial charge in [0, 0.05) is 18.7 Å². The summed E-state index contributed by atoms with van der Waals surface area (Å²) in [7, 11) is -3.82. The molecule has 7 nitrogen and oxygen atoms in total. The van der Waals surface area contributed by atoms with Crippen LogP contribution in [0, 0.1) is 12.8 Å². The fourth-order valence-electron chi connectivity index (χ4n) is 2.43. The third-order valence-electron chi connectivity index (χ3n) is 3.55. The number of sulfonamides is 1. The lowest BCUT2D eigenvalue weighted by Crippen LogP contribution is -2.30. The van der Waals surface area contributed by atoms with Gasteiger partial charge in [-0.25, -0.2) is 13.6 Å². The van der Waals surface area contributed by atoms with Crippen LogP contribution in [0.4, 0.5) is 0 Å². The molecule has 0 aliphatic carbocycles. The monoisotopic (exact) mass is 312 g/mol. The second-order valence-corrected chi connectivity index (χ2v) is 6.63. The third-order valence-corrected chi connectivity index (χ3v) is 4.62. The van der Waals surface area contributed by atoms with Crippen molar-refractivity contribution in [3.63, 3.8) is 0 Å². The van der Waals surface area contributed by atoms with Crippen molar-refractivity contribution >= 4 is 21.9 Å². The van der Waals surface area contributed by atoms with Gasteiger partial charge in [-0.15, -0.1) is 0 Å². The van der Waals surface area contributed by atoms with Gasteiger partial charge in [0.1, 0.15) is 0 Å². The predicted molar refractivity (Wildman–Crippen MR) is 74.2 cm³/mol. The van der Waals surface area contributed by atoms with E-state index in [0.717, 1.165) is 0 Å². The quantitative estimate of drug-likeness (QED) is 0.826. The van der Waals surface area contributed by atoms with E-state index >= 15 is 0 Å². The second kappa shape index (κ2) is 5.45. The summed E-state index contributed by atoms with van der Waals surface area (Å²) in [6.45, 7) is 2.11. The zero-order chi connectivity index (χ0) is 15.8. The first kappa shape index (κ1) is 15.5. The minimum atomic E-state index is -3.82. The Morgan fingerprint density at radius 1 is 1.38 bits per heavy atom. The summed E-state index contributed by atoms with van der Waals surface area (Å²) in [5.74, 6) is -1.76. The van der Waals surface area contributed by atoms with Crippen LogP contribution in [0.1, 0.15) is 22.3 Å². The summed E-state index contributed by atoms with van der Waals surface area (Å²) in [4.78, 5) is 24.6. The van der Waals surface area contributed by atoms with Crippen molar-refractivity contribution in [1.29, 1.82) is 0 Å². The first-order valence-electron chi connectivity index (χ1n) is 6.35. The molecule has 1 aliphatic heterocycles. The highest BCUT2D eigenvalue weighted by atomic mass is 32.2. The van der Waals surface area contributed by atoms with E-state index in [0.29, 0.717) is 24.1 Å². The number of amides is 1. The van der Waals surface area contributed by atoms with Gasteiger partial charge in [0.2, 0.25) is 10.0 Å². The van der Waals surface area contributed by atoms with Crippen molar-refractivity contribution < 1.29 is 23.1 Å². The highest BCUT2D eigenvalue weighted by Gasteiger charge is 2.31.